The lowest BCUT2D eigenvalue weighted by Gasteiger charge is -2.43. The highest BCUT2D eigenvalue weighted by Crippen LogP contribution is 2.33. The van der Waals surface area contributed by atoms with Crippen molar-refractivity contribution in [2.45, 2.75) is 62.6 Å². The van der Waals surface area contributed by atoms with Crippen molar-refractivity contribution < 1.29 is 9.59 Å². The van der Waals surface area contributed by atoms with Crippen LogP contribution in [0.15, 0.2) is 54.6 Å². The second-order valence-corrected chi connectivity index (χ2v) is 9.62. The maximum Gasteiger partial charge on any atom is 0.242 e. The molecule has 0 spiro atoms. The van der Waals surface area contributed by atoms with Gasteiger partial charge in [0, 0.05) is 17.3 Å². The van der Waals surface area contributed by atoms with E-state index in [1.165, 1.54) is 11.1 Å². The molecule has 2 aromatic carbocycles. The fourth-order valence-corrected chi connectivity index (χ4v) is 5.14. The van der Waals surface area contributed by atoms with Gasteiger partial charge >= 0.3 is 0 Å². The van der Waals surface area contributed by atoms with Gasteiger partial charge in [0.15, 0.2) is 0 Å². The van der Waals surface area contributed by atoms with E-state index in [9.17, 15) is 9.59 Å². The van der Waals surface area contributed by atoms with Crippen LogP contribution in [0.3, 0.4) is 0 Å². The smallest absolute Gasteiger partial charge is 0.242 e. The molecule has 1 aliphatic heterocycles. The van der Waals surface area contributed by atoms with Crippen LogP contribution in [0.1, 0.15) is 50.2 Å². The molecular weight excluding hydrogens is 428 g/mol. The number of rotatable bonds is 12. The maximum absolute atomic E-state index is 12.5. The third-order valence-electron chi connectivity index (χ3n) is 5.63. The first-order valence-corrected chi connectivity index (χ1v) is 12.5. The molecule has 4 nitrogen and oxygen atoms in total. The molecule has 2 aromatic rings. The van der Waals surface area contributed by atoms with Gasteiger partial charge in [-0.3, -0.25) is 9.59 Å². The van der Waals surface area contributed by atoms with Crippen LogP contribution in [-0.2, 0) is 21.8 Å². The van der Waals surface area contributed by atoms with Crippen LogP contribution in [0.2, 0.25) is 5.02 Å². The second kappa shape index (κ2) is 12.2. The van der Waals surface area contributed by atoms with Crippen molar-refractivity contribution in [3.05, 3.63) is 70.7 Å². The Bertz CT molecular complexity index is 844. The van der Waals surface area contributed by atoms with Crippen LogP contribution >= 0.6 is 23.4 Å². The molecule has 1 aliphatic rings. The number of carbonyl (C=O) groups is 2. The first-order chi connectivity index (χ1) is 15.0. The molecule has 3 rings (SSSR count). The highest BCUT2D eigenvalue weighted by molar-refractivity contribution is 7.99. The number of benzene rings is 2. The van der Waals surface area contributed by atoms with Gasteiger partial charge in [-0.25, -0.2) is 0 Å². The number of nitrogens with one attached hydrogen (secondary N) is 1. The maximum atomic E-state index is 12.5. The van der Waals surface area contributed by atoms with Crippen LogP contribution < -0.4 is 5.32 Å². The predicted molar refractivity (Wildman–Crippen MR) is 129 cm³/mol. The van der Waals surface area contributed by atoms with E-state index in [1.807, 2.05) is 37.3 Å². The molecule has 1 fully saturated rings. The first kappa shape index (κ1) is 23.7. The molecule has 2 amide bonds. The lowest BCUT2D eigenvalue weighted by Crippen LogP contribution is -2.59. The quantitative estimate of drug-likeness (QED) is 0.340. The Morgan fingerprint density at radius 3 is 2.48 bits per heavy atom. The number of aryl methyl sites for hydroxylation is 1. The summed E-state index contributed by atoms with van der Waals surface area (Å²) in [5.41, 5.74) is 2.55. The number of β-lactam (4-membered cyclic amide) rings is 1. The van der Waals surface area contributed by atoms with Gasteiger partial charge in [0.2, 0.25) is 11.8 Å². The molecule has 0 aromatic heterocycles. The monoisotopic (exact) mass is 458 g/mol. The van der Waals surface area contributed by atoms with Crippen LogP contribution in [0.25, 0.3) is 0 Å². The molecule has 6 heteroatoms. The number of likely N-dealkylation sites (tertiary alicyclic amines) is 1. The van der Waals surface area contributed by atoms with E-state index in [1.54, 1.807) is 16.7 Å². The van der Waals surface area contributed by atoms with Gasteiger partial charge in [0.1, 0.15) is 6.04 Å². The number of hydrogen-bond acceptors (Lipinski definition) is 3. The molecule has 0 saturated carbocycles. The molecule has 1 N–H and O–H groups in total. The van der Waals surface area contributed by atoms with Crippen LogP contribution in [-0.4, -0.2) is 34.7 Å². The Kier molecular flexibility index (Phi) is 9.29. The Hall–Kier alpha value is -1.98. The fraction of sp³-hybridized carbons (Fsp3) is 0.440. The minimum atomic E-state index is -0.417. The number of carbonyl (C=O) groups excluding carboxylic acids is 2. The summed E-state index contributed by atoms with van der Waals surface area (Å²) in [7, 11) is 0. The third kappa shape index (κ3) is 7.29. The number of unbranched alkanes of at least 4 members (excludes halogenated alkanes) is 3. The van der Waals surface area contributed by atoms with Crippen molar-refractivity contribution in [3.8, 4) is 0 Å². The molecule has 0 bridgehead atoms. The van der Waals surface area contributed by atoms with Crippen molar-refractivity contribution in [1.29, 1.82) is 0 Å². The topological polar surface area (TPSA) is 49.4 Å². The van der Waals surface area contributed by atoms with Crippen molar-refractivity contribution in [2.75, 3.05) is 6.54 Å². The summed E-state index contributed by atoms with van der Waals surface area (Å²) >= 11 is 7.64. The van der Waals surface area contributed by atoms with Gasteiger partial charge in [0.25, 0.3) is 0 Å². The van der Waals surface area contributed by atoms with Gasteiger partial charge in [-0.05, 0) is 49.4 Å². The minimum Gasteiger partial charge on any atom is -0.354 e. The fourth-order valence-electron chi connectivity index (χ4n) is 3.72. The van der Waals surface area contributed by atoms with Gasteiger partial charge in [-0.1, -0.05) is 66.9 Å². The first-order valence-electron chi connectivity index (χ1n) is 11.0. The average molecular weight is 459 g/mol. The summed E-state index contributed by atoms with van der Waals surface area (Å²) in [4.78, 5) is 26.4. The van der Waals surface area contributed by atoms with E-state index < -0.39 is 6.04 Å². The SMILES string of the molecule is CC(C(=O)NCCCCCCc1ccc(Cl)cc1)N1C(=O)CC1SCc1ccccc1. The molecule has 1 saturated heterocycles. The van der Waals surface area contributed by atoms with Gasteiger partial charge in [0.05, 0.1) is 11.8 Å². The van der Waals surface area contributed by atoms with Crippen LogP contribution in [0.4, 0.5) is 0 Å². The highest BCUT2D eigenvalue weighted by atomic mass is 35.5. The van der Waals surface area contributed by atoms with Crippen molar-refractivity contribution in [1.82, 2.24) is 10.2 Å². The number of nitrogens with zero attached hydrogens (tertiary/aromatic N) is 1. The Morgan fingerprint density at radius 2 is 1.77 bits per heavy atom. The average Bonchev–Trinajstić information content (AvgIpc) is 2.77. The largest absolute Gasteiger partial charge is 0.354 e. The number of halogens is 1. The minimum absolute atomic E-state index is 0.0560. The lowest BCUT2D eigenvalue weighted by atomic mass is 10.1. The lowest BCUT2D eigenvalue weighted by molar-refractivity contribution is -0.149. The zero-order valence-corrected chi connectivity index (χ0v) is 19.6. The third-order valence-corrected chi connectivity index (χ3v) is 7.16. The number of thioether (sulfide) groups is 1. The Labute approximate surface area is 194 Å². The molecule has 1 heterocycles. The zero-order valence-electron chi connectivity index (χ0n) is 18.1. The van der Waals surface area contributed by atoms with Gasteiger partial charge in [-0.2, -0.15) is 0 Å². The standard InChI is InChI=1S/C25H31ClN2O2S/c1-19(28-23(29)17-24(28)31-18-21-10-6-4-7-11-21)25(30)27-16-8-3-2-5-9-20-12-14-22(26)15-13-20/h4,6-7,10-15,19,24H,2-3,5,8-9,16-18H2,1H3,(H,27,30). The van der Waals surface area contributed by atoms with Gasteiger partial charge in [-0.15, -0.1) is 11.8 Å². The van der Waals surface area contributed by atoms with Gasteiger partial charge < -0.3 is 10.2 Å². The van der Waals surface area contributed by atoms with E-state index >= 15 is 0 Å². The van der Waals surface area contributed by atoms with Crippen LogP contribution in [0.5, 0.6) is 0 Å². The molecular formula is C25H31ClN2O2S. The summed E-state index contributed by atoms with van der Waals surface area (Å²) in [6.07, 6.45) is 5.88. The van der Waals surface area contributed by atoms with Crippen molar-refractivity contribution in [2.24, 2.45) is 0 Å². The number of amides is 2. The van der Waals surface area contributed by atoms with E-state index in [-0.39, 0.29) is 17.2 Å². The molecule has 166 valence electrons. The normalized spacial score (nSPS) is 16.6. The number of hydrogen-bond donors (Lipinski definition) is 1. The molecule has 2 unspecified atom stereocenters. The van der Waals surface area contributed by atoms with E-state index in [2.05, 4.69) is 29.6 Å². The molecule has 2 atom stereocenters. The molecule has 0 aliphatic carbocycles. The summed E-state index contributed by atoms with van der Waals surface area (Å²) in [6.45, 7) is 2.49. The summed E-state index contributed by atoms with van der Waals surface area (Å²) in [6, 6.07) is 17.8. The van der Waals surface area contributed by atoms with Crippen molar-refractivity contribution in [3.63, 3.8) is 0 Å². The van der Waals surface area contributed by atoms with Crippen LogP contribution in [0, 0.1) is 0 Å². The summed E-state index contributed by atoms with van der Waals surface area (Å²) in [5, 5.41) is 3.86. The van der Waals surface area contributed by atoms with E-state index in [4.69, 9.17) is 11.6 Å². The van der Waals surface area contributed by atoms with Crippen molar-refractivity contribution >= 4 is 35.2 Å². The van der Waals surface area contributed by atoms with E-state index in [0.717, 1.165) is 42.9 Å². The Morgan fingerprint density at radius 1 is 1.06 bits per heavy atom. The second-order valence-electron chi connectivity index (χ2n) is 8.01. The Balaban J connectivity index is 1.29. The summed E-state index contributed by atoms with van der Waals surface area (Å²) < 4.78 is 0. The van der Waals surface area contributed by atoms with E-state index in [0.29, 0.717) is 13.0 Å². The zero-order chi connectivity index (χ0) is 22.1. The molecule has 0 radical (unpaired) electrons. The summed E-state index contributed by atoms with van der Waals surface area (Å²) in [5.74, 6) is 0.856. The highest BCUT2D eigenvalue weighted by Gasteiger charge is 2.41. The predicted octanol–water partition coefficient (Wildman–Crippen LogP) is 5.44. The molecule has 31 heavy (non-hydrogen) atoms.